The molecule has 1 aliphatic rings. The van der Waals surface area contributed by atoms with Crippen LogP contribution in [0, 0.1) is 6.92 Å². The van der Waals surface area contributed by atoms with Gasteiger partial charge in [0.25, 0.3) is 0 Å². The number of carbonyl (C=O) groups is 2. The first-order chi connectivity index (χ1) is 12.0. The number of nitrogens with zero attached hydrogens (tertiary/aromatic N) is 4. The highest BCUT2D eigenvalue weighted by molar-refractivity contribution is 9.10. The minimum atomic E-state index is -0.631. The molecule has 0 saturated carbocycles. The normalized spacial score (nSPS) is 14.3. The van der Waals surface area contributed by atoms with Crippen molar-refractivity contribution in [2.75, 3.05) is 36.4 Å². The molecule has 1 aromatic carbocycles. The van der Waals surface area contributed by atoms with E-state index in [9.17, 15) is 9.59 Å². The lowest BCUT2D eigenvalue weighted by atomic mass is 10.2. The summed E-state index contributed by atoms with van der Waals surface area (Å²) in [7, 11) is 0. The van der Waals surface area contributed by atoms with Gasteiger partial charge in [-0.15, -0.1) is 0 Å². The highest BCUT2D eigenvalue weighted by Crippen LogP contribution is 2.23. The Balaban J connectivity index is 1.57. The molecule has 1 N–H and O–H groups in total. The van der Waals surface area contributed by atoms with Gasteiger partial charge in [0.15, 0.2) is 0 Å². The molecule has 0 atom stereocenters. The first kappa shape index (κ1) is 17.3. The summed E-state index contributed by atoms with van der Waals surface area (Å²) in [4.78, 5) is 36.6. The summed E-state index contributed by atoms with van der Waals surface area (Å²) < 4.78 is 0.750. The molecule has 8 heteroatoms. The third-order valence-corrected chi connectivity index (χ3v) is 4.62. The zero-order chi connectivity index (χ0) is 17.8. The van der Waals surface area contributed by atoms with Gasteiger partial charge in [0, 0.05) is 43.0 Å². The summed E-state index contributed by atoms with van der Waals surface area (Å²) in [6.07, 6.45) is 3.37. The maximum atomic E-state index is 12.4. The minimum Gasteiger partial charge on any atom is -0.337 e. The van der Waals surface area contributed by atoms with Crippen LogP contribution in [-0.2, 0) is 9.59 Å². The monoisotopic (exact) mass is 403 g/mol. The number of rotatable bonds is 2. The summed E-state index contributed by atoms with van der Waals surface area (Å²) in [6.45, 7) is 4.06. The summed E-state index contributed by atoms with van der Waals surface area (Å²) in [6, 6.07) is 7.30. The smallest absolute Gasteiger partial charge is 0.313 e. The van der Waals surface area contributed by atoms with Crippen LogP contribution in [0.5, 0.6) is 0 Å². The Morgan fingerprint density at radius 1 is 1.12 bits per heavy atom. The maximum Gasteiger partial charge on any atom is 0.313 e. The number of hydrogen-bond donors (Lipinski definition) is 1. The summed E-state index contributed by atoms with van der Waals surface area (Å²) in [5.41, 5.74) is 1.65. The van der Waals surface area contributed by atoms with Gasteiger partial charge >= 0.3 is 11.8 Å². The zero-order valence-electron chi connectivity index (χ0n) is 13.8. The molecule has 2 amide bonds. The summed E-state index contributed by atoms with van der Waals surface area (Å²) in [5.74, 6) is -0.516. The second-order valence-electron chi connectivity index (χ2n) is 5.77. The largest absolute Gasteiger partial charge is 0.337 e. The Labute approximate surface area is 154 Å². The fourth-order valence-electron chi connectivity index (χ4n) is 2.60. The van der Waals surface area contributed by atoms with Crippen LogP contribution in [-0.4, -0.2) is 52.9 Å². The number of aryl methyl sites for hydroxylation is 1. The first-order valence-corrected chi connectivity index (χ1v) is 8.72. The molecule has 1 fully saturated rings. The molecule has 2 aromatic rings. The molecule has 0 radical (unpaired) electrons. The standard InChI is InChI=1S/C17H18BrN5O2/c1-12-3-4-14(13(18)11-12)21-15(24)16(25)22-7-9-23(10-8-22)17-19-5-2-6-20-17/h2-6,11H,7-10H2,1H3,(H,21,24). The molecule has 0 unspecified atom stereocenters. The molecule has 1 saturated heterocycles. The van der Waals surface area contributed by atoms with Crippen LogP contribution < -0.4 is 10.2 Å². The maximum absolute atomic E-state index is 12.4. The van der Waals surface area contributed by atoms with Crippen molar-refractivity contribution < 1.29 is 9.59 Å². The molecular weight excluding hydrogens is 386 g/mol. The Bertz CT molecular complexity index is 776. The number of hydrogen-bond acceptors (Lipinski definition) is 5. The van der Waals surface area contributed by atoms with E-state index >= 15 is 0 Å². The van der Waals surface area contributed by atoms with Crippen LogP contribution in [0.25, 0.3) is 0 Å². The van der Waals surface area contributed by atoms with Gasteiger partial charge in [-0.2, -0.15) is 0 Å². The average molecular weight is 404 g/mol. The molecule has 130 valence electrons. The van der Waals surface area contributed by atoms with Crippen LogP contribution in [0.15, 0.2) is 41.1 Å². The number of nitrogens with one attached hydrogen (secondary N) is 1. The van der Waals surface area contributed by atoms with Gasteiger partial charge in [0.2, 0.25) is 5.95 Å². The van der Waals surface area contributed by atoms with E-state index in [0.717, 1.165) is 10.0 Å². The van der Waals surface area contributed by atoms with Crippen molar-refractivity contribution in [2.24, 2.45) is 0 Å². The molecule has 7 nitrogen and oxygen atoms in total. The van der Waals surface area contributed by atoms with Crippen molar-refractivity contribution >= 4 is 39.4 Å². The quantitative estimate of drug-likeness (QED) is 0.773. The Hall–Kier alpha value is -2.48. The number of amides is 2. The molecule has 0 bridgehead atoms. The van der Waals surface area contributed by atoms with Gasteiger partial charge in [-0.25, -0.2) is 9.97 Å². The van der Waals surface area contributed by atoms with Crippen molar-refractivity contribution in [1.82, 2.24) is 14.9 Å². The van der Waals surface area contributed by atoms with E-state index in [1.807, 2.05) is 24.0 Å². The SMILES string of the molecule is Cc1ccc(NC(=O)C(=O)N2CCN(c3ncccn3)CC2)c(Br)c1. The molecule has 25 heavy (non-hydrogen) atoms. The van der Waals surface area contributed by atoms with Crippen molar-refractivity contribution in [2.45, 2.75) is 6.92 Å². The highest BCUT2D eigenvalue weighted by Gasteiger charge is 2.27. The predicted molar refractivity (Wildman–Crippen MR) is 98.3 cm³/mol. The van der Waals surface area contributed by atoms with E-state index in [0.29, 0.717) is 37.8 Å². The summed E-state index contributed by atoms with van der Waals surface area (Å²) in [5, 5.41) is 2.66. The number of carbonyl (C=O) groups excluding carboxylic acids is 2. The van der Waals surface area contributed by atoms with E-state index in [2.05, 4.69) is 31.2 Å². The van der Waals surface area contributed by atoms with Gasteiger partial charge in [0.05, 0.1) is 5.69 Å². The van der Waals surface area contributed by atoms with E-state index in [1.165, 1.54) is 0 Å². The Morgan fingerprint density at radius 2 is 1.80 bits per heavy atom. The predicted octanol–water partition coefficient (Wildman–Crippen LogP) is 1.83. The van der Waals surface area contributed by atoms with Crippen LogP contribution in [0.2, 0.25) is 0 Å². The zero-order valence-corrected chi connectivity index (χ0v) is 15.4. The third kappa shape index (κ3) is 4.14. The van der Waals surface area contributed by atoms with Gasteiger partial charge in [-0.05, 0) is 46.6 Å². The molecular formula is C17H18BrN5O2. The van der Waals surface area contributed by atoms with E-state index in [-0.39, 0.29) is 0 Å². The lowest BCUT2D eigenvalue weighted by Gasteiger charge is -2.34. The number of benzene rings is 1. The van der Waals surface area contributed by atoms with Crippen molar-refractivity contribution in [3.63, 3.8) is 0 Å². The Kier molecular flexibility index (Phi) is 5.28. The van der Waals surface area contributed by atoms with Gasteiger partial charge in [-0.1, -0.05) is 6.07 Å². The van der Waals surface area contributed by atoms with Crippen molar-refractivity contribution in [1.29, 1.82) is 0 Å². The number of anilines is 2. The second kappa shape index (κ2) is 7.60. The van der Waals surface area contributed by atoms with E-state index in [1.54, 1.807) is 29.4 Å². The topological polar surface area (TPSA) is 78.4 Å². The summed E-state index contributed by atoms with van der Waals surface area (Å²) >= 11 is 3.39. The molecule has 0 spiro atoms. The third-order valence-electron chi connectivity index (χ3n) is 3.97. The van der Waals surface area contributed by atoms with Gasteiger partial charge < -0.3 is 15.1 Å². The second-order valence-corrected chi connectivity index (χ2v) is 6.62. The number of aromatic nitrogens is 2. The average Bonchev–Trinajstić information content (AvgIpc) is 2.64. The van der Waals surface area contributed by atoms with Crippen LogP contribution in [0.1, 0.15) is 5.56 Å². The molecule has 3 rings (SSSR count). The first-order valence-electron chi connectivity index (χ1n) is 7.93. The molecule has 0 aliphatic carbocycles. The molecule has 1 aliphatic heterocycles. The Morgan fingerprint density at radius 3 is 2.44 bits per heavy atom. The molecule has 2 heterocycles. The van der Waals surface area contributed by atoms with Crippen LogP contribution in [0.3, 0.4) is 0 Å². The fourth-order valence-corrected chi connectivity index (χ4v) is 3.20. The minimum absolute atomic E-state index is 0.458. The van der Waals surface area contributed by atoms with E-state index < -0.39 is 11.8 Å². The number of piperazine rings is 1. The van der Waals surface area contributed by atoms with Crippen molar-refractivity contribution in [3.8, 4) is 0 Å². The van der Waals surface area contributed by atoms with E-state index in [4.69, 9.17) is 0 Å². The van der Waals surface area contributed by atoms with Crippen LogP contribution >= 0.6 is 15.9 Å². The van der Waals surface area contributed by atoms with Gasteiger partial charge in [0.1, 0.15) is 0 Å². The number of halogens is 1. The molecule has 1 aromatic heterocycles. The highest BCUT2D eigenvalue weighted by atomic mass is 79.9. The lowest BCUT2D eigenvalue weighted by Crippen LogP contribution is -2.52. The van der Waals surface area contributed by atoms with Crippen LogP contribution in [0.4, 0.5) is 11.6 Å². The van der Waals surface area contributed by atoms with Gasteiger partial charge in [-0.3, -0.25) is 9.59 Å². The van der Waals surface area contributed by atoms with Crippen molar-refractivity contribution in [3.05, 3.63) is 46.7 Å². The lowest BCUT2D eigenvalue weighted by molar-refractivity contribution is -0.143. The fraction of sp³-hybridized carbons (Fsp3) is 0.294.